The van der Waals surface area contributed by atoms with Gasteiger partial charge in [-0.1, -0.05) is 0 Å². The average molecular weight is 346 g/mol. The minimum atomic E-state index is -0.414. The van der Waals surface area contributed by atoms with Gasteiger partial charge in [-0.2, -0.15) is 0 Å². The summed E-state index contributed by atoms with van der Waals surface area (Å²) in [4.78, 5) is 27.6. The first kappa shape index (κ1) is 16.5. The fourth-order valence-corrected chi connectivity index (χ4v) is 3.95. The van der Waals surface area contributed by atoms with Crippen LogP contribution in [-0.4, -0.2) is 37.5 Å². The Morgan fingerprint density at radius 3 is 3.00 bits per heavy atom. The molecule has 2 aromatic rings. The third-order valence-corrected chi connectivity index (χ3v) is 4.95. The lowest BCUT2D eigenvalue weighted by molar-refractivity contribution is -0.111. The van der Waals surface area contributed by atoms with Gasteiger partial charge in [0.15, 0.2) is 0 Å². The van der Waals surface area contributed by atoms with E-state index in [1.165, 1.54) is 30.8 Å². The Morgan fingerprint density at radius 1 is 1.46 bits per heavy atom. The van der Waals surface area contributed by atoms with Crippen LogP contribution in [0, 0.1) is 0 Å². The largest absolute Gasteiger partial charge is 0.465 e. The molecule has 0 fully saturated rings. The molecule has 0 atom stereocenters. The highest BCUT2D eigenvalue weighted by atomic mass is 32.1. The molecule has 6 nitrogen and oxygen atoms in total. The van der Waals surface area contributed by atoms with E-state index >= 15 is 0 Å². The fourth-order valence-electron chi connectivity index (χ4n) is 2.63. The van der Waals surface area contributed by atoms with Crippen LogP contribution in [0.25, 0.3) is 6.08 Å². The first-order valence-electron chi connectivity index (χ1n) is 7.52. The number of hydrogen-bond donors (Lipinski definition) is 1. The number of furan rings is 1. The Hall–Kier alpha value is -2.38. The van der Waals surface area contributed by atoms with Crippen LogP contribution in [0.1, 0.15) is 26.6 Å². The highest BCUT2D eigenvalue weighted by Crippen LogP contribution is 2.37. The molecule has 126 valence electrons. The minimum Gasteiger partial charge on any atom is -0.465 e. The molecule has 0 aromatic carbocycles. The number of hydrogen-bond acceptors (Lipinski definition) is 6. The summed E-state index contributed by atoms with van der Waals surface area (Å²) in [5.41, 5.74) is 1.46. The van der Waals surface area contributed by atoms with Crippen molar-refractivity contribution in [3.05, 3.63) is 46.2 Å². The zero-order valence-electron chi connectivity index (χ0n) is 13.5. The molecular formula is C17H18N2O4S. The van der Waals surface area contributed by atoms with Gasteiger partial charge < -0.3 is 19.4 Å². The standard InChI is InChI=1S/C17H18N2O4S/c1-19-8-7-12-13(10-19)24-16(15(12)17(21)22-2)18-14(20)6-5-11-4-3-9-23-11/h3-6,9H,7-8,10H2,1-2H3,(H,18,20)/b6-5+. The van der Waals surface area contributed by atoms with Crippen molar-refractivity contribution < 1.29 is 18.7 Å². The van der Waals surface area contributed by atoms with Crippen LogP contribution in [0.2, 0.25) is 0 Å². The smallest absolute Gasteiger partial charge is 0.341 e. The van der Waals surface area contributed by atoms with Gasteiger partial charge in [-0.3, -0.25) is 4.79 Å². The molecule has 3 rings (SSSR count). The monoisotopic (exact) mass is 346 g/mol. The van der Waals surface area contributed by atoms with E-state index in [0.717, 1.165) is 30.0 Å². The maximum absolute atomic E-state index is 12.2. The van der Waals surface area contributed by atoms with Gasteiger partial charge in [0, 0.05) is 24.0 Å². The molecule has 1 N–H and O–H groups in total. The molecule has 1 amide bonds. The number of fused-ring (bicyclic) bond motifs is 1. The molecule has 1 aliphatic rings. The normalized spacial score (nSPS) is 14.6. The van der Waals surface area contributed by atoms with Crippen molar-refractivity contribution >= 4 is 34.3 Å². The van der Waals surface area contributed by atoms with Crippen molar-refractivity contribution in [3.8, 4) is 0 Å². The minimum absolute atomic E-state index is 0.316. The van der Waals surface area contributed by atoms with Gasteiger partial charge in [0.05, 0.1) is 18.9 Å². The molecular weight excluding hydrogens is 328 g/mol. The molecule has 2 aromatic heterocycles. The molecule has 0 bridgehead atoms. The zero-order chi connectivity index (χ0) is 17.1. The van der Waals surface area contributed by atoms with E-state index in [9.17, 15) is 9.59 Å². The predicted octanol–water partition coefficient (Wildman–Crippen LogP) is 2.77. The lowest BCUT2D eigenvalue weighted by atomic mass is 10.0. The van der Waals surface area contributed by atoms with Crippen LogP contribution in [-0.2, 0) is 22.5 Å². The van der Waals surface area contributed by atoms with Crippen molar-refractivity contribution in [1.82, 2.24) is 4.90 Å². The molecule has 0 aliphatic carbocycles. The summed E-state index contributed by atoms with van der Waals surface area (Å²) in [5.74, 6) is -0.142. The Kier molecular flexibility index (Phi) is 4.82. The number of methoxy groups -OCH3 is 1. The number of nitrogens with one attached hydrogen (secondary N) is 1. The second kappa shape index (κ2) is 7.02. The van der Waals surface area contributed by atoms with E-state index in [2.05, 4.69) is 10.2 Å². The Morgan fingerprint density at radius 2 is 2.29 bits per heavy atom. The second-order valence-corrected chi connectivity index (χ2v) is 6.63. The molecule has 24 heavy (non-hydrogen) atoms. The highest BCUT2D eigenvalue weighted by Gasteiger charge is 2.28. The second-order valence-electron chi connectivity index (χ2n) is 5.53. The number of thiophene rings is 1. The van der Waals surface area contributed by atoms with Gasteiger partial charge in [0.2, 0.25) is 5.91 Å². The summed E-state index contributed by atoms with van der Waals surface area (Å²) in [6, 6.07) is 3.50. The summed E-state index contributed by atoms with van der Waals surface area (Å²) >= 11 is 1.43. The van der Waals surface area contributed by atoms with Crippen molar-refractivity contribution in [2.24, 2.45) is 0 Å². The van der Waals surface area contributed by atoms with Gasteiger partial charge >= 0.3 is 5.97 Å². The number of carbonyl (C=O) groups excluding carboxylic acids is 2. The van der Waals surface area contributed by atoms with E-state index in [1.807, 2.05) is 7.05 Å². The Labute approximate surface area is 143 Å². The molecule has 0 saturated heterocycles. The fraction of sp³-hybridized carbons (Fsp3) is 0.294. The first-order chi connectivity index (χ1) is 11.6. The van der Waals surface area contributed by atoms with Crippen molar-refractivity contribution in [2.75, 3.05) is 26.0 Å². The summed E-state index contributed by atoms with van der Waals surface area (Å²) in [6.07, 6.45) is 5.26. The van der Waals surface area contributed by atoms with Gasteiger partial charge in [-0.15, -0.1) is 11.3 Å². The Balaban J connectivity index is 1.84. The topological polar surface area (TPSA) is 71.8 Å². The number of ether oxygens (including phenoxy) is 1. The number of likely N-dealkylation sites (N-methyl/N-ethyl adjacent to an activating group) is 1. The van der Waals surface area contributed by atoms with Crippen LogP contribution in [0.5, 0.6) is 0 Å². The molecule has 0 unspecified atom stereocenters. The van der Waals surface area contributed by atoms with Crippen LogP contribution in [0.3, 0.4) is 0 Å². The van der Waals surface area contributed by atoms with Crippen molar-refractivity contribution in [3.63, 3.8) is 0 Å². The van der Waals surface area contributed by atoms with E-state index in [0.29, 0.717) is 16.3 Å². The average Bonchev–Trinajstić information content (AvgIpc) is 3.19. The predicted molar refractivity (Wildman–Crippen MR) is 92.1 cm³/mol. The molecule has 0 saturated carbocycles. The molecule has 7 heteroatoms. The summed E-state index contributed by atoms with van der Waals surface area (Å²) in [7, 11) is 3.38. The lowest BCUT2D eigenvalue weighted by Crippen LogP contribution is -2.26. The zero-order valence-corrected chi connectivity index (χ0v) is 14.3. The molecule has 3 heterocycles. The maximum Gasteiger partial charge on any atom is 0.341 e. The summed E-state index contributed by atoms with van der Waals surface area (Å²) in [6.45, 7) is 1.64. The number of carbonyl (C=O) groups is 2. The number of rotatable bonds is 4. The number of esters is 1. The van der Waals surface area contributed by atoms with E-state index < -0.39 is 5.97 Å². The van der Waals surface area contributed by atoms with Gasteiger partial charge in [0.1, 0.15) is 10.8 Å². The molecule has 0 spiro atoms. The summed E-state index contributed by atoms with van der Waals surface area (Å²) in [5, 5.41) is 3.33. The van der Waals surface area contributed by atoms with Crippen LogP contribution in [0.15, 0.2) is 28.9 Å². The van der Waals surface area contributed by atoms with Crippen molar-refractivity contribution in [2.45, 2.75) is 13.0 Å². The Bertz CT molecular complexity index is 777. The lowest BCUT2D eigenvalue weighted by Gasteiger charge is -2.22. The molecule has 0 radical (unpaired) electrons. The van der Waals surface area contributed by atoms with Gasteiger partial charge in [-0.25, -0.2) is 4.79 Å². The quantitative estimate of drug-likeness (QED) is 0.681. The van der Waals surface area contributed by atoms with Crippen LogP contribution < -0.4 is 5.32 Å². The van der Waals surface area contributed by atoms with Gasteiger partial charge in [-0.05, 0) is 37.2 Å². The summed E-state index contributed by atoms with van der Waals surface area (Å²) < 4.78 is 10.0. The van der Waals surface area contributed by atoms with E-state index in [1.54, 1.807) is 18.2 Å². The third-order valence-electron chi connectivity index (χ3n) is 3.82. The van der Waals surface area contributed by atoms with E-state index in [-0.39, 0.29) is 5.91 Å². The SMILES string of the molecule is COC(=O)c1c(NC(=O)/C=C/c2ccco2)sc2c1CCN(C)C2. The maximum atomic E-state index is 12.2. The van der Waals surface area contributed by atoms with Crippen LogP contribution in [0.4, 0.5) is 5.00 Å². The van der Waals surface area contributed by atoms with Gasteiger partial charge in [0.25, 0.3) is 0 Å². The first-order valence-corrected chi connectivity index (χ1v) is 8.34. The van der Waals surface area contributed by atoms with E-state index in [4.69, 9.17) is 9.15 Å². The number of nitrogens with zero attached hydrogens (tertiary/aromatic N) is 1. The van der Waals surface area contributed by atoms with Crippen molar-refractivity contribution in [1.29, 1.82) is 0 Å². The highest BCUT2D eigenvalue weighted by molar-refractivity contribution is 7.17. The number of amides is 1. The third kappa shape index (κ3) is 3.42. The van der Waals surface area contributed by atoms with Crippen LogP contribution >= 0.6 is 11.3 Å². The number of anilines is 1. The molecule has 1 aliphatic heterocycles.